The number of hydrogen-bond acceptors (Lipinski definition) is 1. The van der Waals surface area contributed by atoms with E-state index in [1.54, 1.807) is 0 Å². The van der Waals surface area contributed by atoms with Crippen LogP contribution in [0.2, 0.25) is 0 Å². The zero-order valence-corrected chi connectivity index (χ0v) is 8.79. The van der Waals surface area contributed by atoms with Crippen molar-refractivity contribution in [3.8, 4) is 5.75 Å². The van der Waals surface area contributed by atoms with Gasteiger partial charge in [-0.25, -0.2) is 0 Å². The highest BCUT2D eigenvalue weighted by molar-refractivity contribution is 5.61. The molecule has 0 aliphatic carbocycles. The average molecular weight is 188 g/mol. The summed E-state index contributed by atoms with van der Waals surface area (Å²) in [7, 11) is 0. The zero-order chi connectivity index (χ0) is 9.97. The molecule has 0 fully saturated rings. The minimum absolute atomic E-state index is 0.677. The van der Waals surface area contributed by atoms with Crippen LogP contribution < -0.4 is 4.74 Å². The summed E-state index contributed by atoms with van der Waals surface area (Å²) < 4.78 is 5.67. The van der Waals surface area contributed by atoms with E-state index >= 15 is 0 Å². The molecule has 0 N–H and O–H groups in total. The van der Waals surface area contributed by atoms with Crippen molar-refractivity contribution >= 4 is 6.08 Å². The maximum absolute atomic E-state index is 5.67. The fourth-order valence-corrected chi connectivity index (χ4v) is 1.82. The van der Waals surface area contributed by atoms with Crippen LogP contribution in [0.25, 0.3) is 6.08 Å². The van der Waals surface area contributed by atoms with E-state index in [1.165, 1.54) is 11.1 Å². The Kier molecular flexibility index (Phi) is 2.58. The van der Waals surface area contributed by atoms with E-state index < -0.39 is 0 Å². The van der Waals surface area contributed by atoms with Crippen molar-refractivity contribution < 1.29 is 4.74 Å². The molecular formula is C13H16O. The number of hydrogen-bond donors (Lipinski definition) is 0. The highest BCUT2D eigenvalue weighted by Crippen LogP contribution is 2.29. The lowest BCUT2D eigenvalue weighted by atomic mass is 9.99. The van der Waals surface area contributed by atoms with Crippen LogP contribution in [0.15, 0.2) is 24.3 Å². The SMILES string of the molecule is CC(C)Cc1cccc2c1OCC=C2. The Bertz CT molecular complexity index is 350. The van der Waals surface area contributed by atoms with Crippen LogP contribution in [0.5, 0.6) is 5.75 Å². The number of fused-ring (bicyclic) bond motifs is 1. The van der Waals surface area contributed by atoms with Crippen molar-refractivity contribution in [2.24, 2.45) is 5.92 Å². The summed E-state index contributed by atoms with van der Waals surface area (Å²) in [5, 5.41) is 0. The van der Waals surface area contributed by atoms with Crippen LogP contribution in [0.1, 0.15) is 25.0 Å². The van der Waals surface area contributed by atoms with Gasteiger partial charge in [0.1, 0.15) is 12.4 Å². The Balaban J connectivity index is 2.36. The smallest absolute Gasteiger partial charge is 0.130 e. The summed E-state index contributed by atoms with van der Waals surface area (Å²) in [5.41, 5.74) is 2.55. The average Bonchev–Trinajstić information content (AvgIpc) is 2.18. The van der Waals surface area contributed by atoms with E-state index in [4.69, 9.17) is 4.74 Å². The third-order valence-corrected chi connectivity index (χ3v) is 2.38. The molecule has 0 unspecified atom stereocenters. The molecule has 1 aliphatic heterocycles. The fraction of sp³-hybridized carbons (Fsp3) is 0.385. The van der Waals surface area contributed by atoms with Gasteiger partial charge in [-0.3, -0.25) is 0 Å². The molecule has 1 heteroatoms. The minimum atomic E-state index is 0.677. The van der Waals surface area contributed by atoms with Crippen molar-refractivity contribution in [2.75, 3.05) is 6.61 Å². The van der Waals surface area contributed by atoms with Gasteiger partial charge in [-0.15, -0.1) is 0 Å². The van der Waals surface area contributed by atoms with Gasteiger partial charge in [0.25, 0.3) is 0 Å². The fourth-order valence-electron chi connectivity index (χ4n) is 1.82. The molecule has 1 aromatic carbocycles. The Morgan fingerprint density at radius 2 is 2.21 bits per heavy atom. The maximum atomic E-state index is 5.67. The van der Waals surface area contributed by atoms with Crippen molar-refractivity contribution in [3.05, 3.63) is 35.4 Å². The molecule has 0 spiro atoms. The van der Waals surface area contributed by atoms with Gasteiger partial charge in [0.15, 0.2) is 0 Å². The van der Waals surface area contributed by atoms with Crippen LogP contribution in [0.4, 0.5) is 0 Å². The van der Waals surface area contributed by atoms with Crippen molar-refractivity contribution in [3.63, 3.8) is 0 Å². The van der Waals surface area contributed by atoms with Gasteiger partial charge < -0.3 is 4.74 Å². The van der Waals surface area contributed by atoms with Crippen LogP contribution in [-0.4, -0.2) is 6.61 Å². The summed E-state index contributed by atoms with van der Waals surface area (Å²) in [6.07, 6.45) is 5.29. The van der Waals surface area contributed by atoms with Crippen LogP contribution >= 0.6 is 0 Å². The first-order valence-corrected chi connectivity index (χ1v) is 5.18. The quantitative estimate of drug-likeness (QED) is 0.692. The van der Waals surface area contributed by atoms with Crippen LogP contribution in [0, 0.1) is 5.92 Å². The Morgan fingerprint density at radius 1 is 1.36 bits per heavy atom. The standard InChI is InChI=1S/C13H16O/c1-10(2)9-12-6-3-5-11-7-4-8-14-13(11)12/h3-7,10H,8-9H2,1-2H3. The molecule has 74 valence electrons. The molecule has 1 aromatic rings. The van der Waals surface area contributed by atoms with Gasteiger partial charge >= 0.3 is 0 Å². The second kappa shape index (κ2) is 3.87. The first-order chi connectivity index (χ1) is 6.77. The molecule has 2 rings (SSSR count). The monoisotopic (exact) mass is 188 g/mol. The first-order valence-electron chi connectivity index (χ1n) is 5.18. The van der Waals surface area contributed by atoms with Crippen molar-refractivity contribution in [1.29, 1.82) is 0 Å². The lowest BCUT2D eigenvalue weighted by Gasteiger charge is -2.17. The third-order valence-electron chi connectivity index (χ3n) is 2.38. The summed E-state index contributed by atoms with van der Waals surface area (Å²) >= 11 is 0. The van der Waals surface area contributed by atoms with E-state index in [-0.39, 0.29) is 0 Å². The van der Waals surface area contributed by atoms with Crippen molar-refractivity contribution in [2.45, 2.75) is 20.3 Å². The summed E-state index contributed by atoms with van der Waals surface area (Å²) in [4.78, 5) is 0. The van der Waals surface area contributed by atoms with Gasteiger partial charge in [-0.2, -0.15) is 0 Å². The molecule has 0 atom stereocenters. The molecule has 0 bridgehead atoms. The zero-order valence-electron chi connectivity index (χ0n) is 8.79. The Hall–Kier alpha value is -1.24. The molecule has 1 aliphatic rings. The van der Waals surface area contributed by atoms with E-state index in [2.05, 4.69) is 44.2 Å². The van der Waals surface area contributed by atoms with Crippen LogP contribution in [0.3, 0.4) is 0 Å². The predicted molar refractivity (Wildman–Crippen MR) is 59.5 cm³/mol. The molecular weight excluding hydrogens is 172 g/mol. The van der Waals surface area contributed by atoms with E-state index in [1.807, 2.05) is 0 Å². The molecule has 0 radical (unpaired) electrons. The number of para-hydroxylation sites is 1. The maximum Gasteiger partial charge on any atom is 0.130 e. The Morgan fingerprint density at radius 3 is 3.00 bits per heavy atom. The van der Waals surface area contributed by atoms with Gasteiger partial charge in [0.05, 0.1) is 0 Å². The molecule has 0 saturated heterocycles. The van der Waals surface area contributed by atoms with Gasteiger partial charge in [0.2, 0.25) is 0 Å². The van der Waals surface area contributed by atoms with E-state index in [0.29, 0.717) is 12.5 Å². The van der Waals surface area contributed by atoms with Crippen LogP contribution in [-0.2, 0) is 6.42 Å². The molecule has 1 nitrogen and oxygen atoms in total. The number of rotatable bonds is 2. The topological polar surface area (TPSA) is 9.23 Å². The highest BCUT2D eigenvalue weighted by atomic mass is 16.5. The minimum Gasteiger partial charge on any atom is -0.489 e. The van der Waals surface area contributed by atoms with Gasteiger partial charge in [-0.05, 0) is 24.0 Å². The molecule has 0 amide bonds. The molecule has 0 aromatic heterocycles. The lowest BCUT2D eigenvalue weighted by molar-refractivity contribution is 0.352. The van der Waals surface area contributed by atoms with Gasteiger partial charge in [0, 0.05) is 5.56 Å². The third kappa shape index (κ3) is 1.82. The molecule has 1 heterocycles. The number of benzene rings is 1. The first kappa shape index (κ1) is 9.32. The van der Waals surface area contributed by atoms with Gasteiger partial charge in [-0.1, -0.05) is 38.1 Å². The summed E-state index contributed by atoms with van der Waals surface area (Å²) in [5.74, 6) is 1.76. The molecule has 14 heavy (non-hydrogen) atoms. The Labute approximate surface area is 85.4 Å². The predicted octanol–water partition coefficient (Wildman–Crippen LogP) is 3.29. The van der Waals surface area contributed by atoms with Crippen molar-refractivity contribution in [1.82, 2.24) is 0 Å². The number of ether oxygens (including phenoxy) is 1. The lowest BCUT2D eigenvalue weighted by Crippen LogP contribution is -2.05. The van der Waals surface area contributed by atoms with E-state index in [9.17, 15) is 0 Å². The summed E-state index contributed by atoms with van der Waals surface area (Å²) in [6.45, 7) is 5.18. The normalized spacial score (nSPS) is 13.9. The molecule has 0 saturated carbocycles. The second-order valence-electron chi connectivity index (χ2n) is 4.15. The largest absolute Gasteiger partial charge is 0.489 e. The van der Waals surface area contributed by atoms with E-state index in [0.717, 1.165) is 12.2 Å². The summed E-state index contributed by atoms with van der Waals surface area (Å²) in [6, 6.07) is 6.38. The second-order valence-corrected chi connectivity index (χ2v) is 4.15. The highest BCUT2D eigenvalue weighted by Gasteiger charge is 2.11.